The van der Waals surface area contributed by atoms with Crippen molar-refractivity contribution in [3.8, 4) is 10.9 Å². The van der Waals surface area contributed by atoms with Crippen LogP contribution in [0.2, 0.25) is 0 Å². The number of hydrogen-bond acceptors (Lipinski definition) is 4. The molecule has 0 aliphatic rings. The molecule has 1 aromatic carbocycles. The molecule has 0 spiro atoms. The van der Waals surface area contributed by atoms with Crippen LogP contribution >= 0.6 is 11.3 Å². The summed E-state index contributed by atoms with van der Waals surface area (Å²) in [6, 6.07) is 2.83. The van der Waals surface area contributed by atoms with Crippen molar-refractivity contribution in [3.05, 3.63) is 34.6 Å². The fourth-order valence-electron chi connectivity index (χ4n) is 1.22. The van der Waals surface area contributed by atoms with E-state index in [1.165, 1.54) is 17.4 Å². The number of halogens is 1. The average molecular weight is 238 g/mol. The van der Waals surface area contributed by atoms with E-state index in [1.54, 1.807) is 13.0 Å². The van der Waals surface area contributed by atoms with Gasteiger partial charge in [0, 0.05) is 17.1 Å². The molecule has 0 fully saturated rings. The molecular formula is C11H11FN2OS. The number of rotatable bonds is 2. The van der Waals surface area contributed by atoms with Crippen LogP contribution in [-0.2, 0) is 0 Å². The molecule has 2 rings (SSSR count). The second kappa shape index (κ2) is 4.09. The van der Waals surface area contributed by atoms with Crippen LogP contribution in [0.25, 0.3) is 0 Å². The van der Waals surface area contributed by atoms with Crippen LogP contribution in [0.1, 0.15) is 11.3 Å². The summed E-state index contributed by atoms with van der Waals surface area (Å²) >= 11 is 1.33. The molecule has 0 saturated carbocycles. The van der Waals surface area contributed by atoms with E-state index in [-0.39, 0.29) is 5.75 Å². The van der Waals surface area contributed by atoms with Gasteiger partial charge in [0.15, 0.2) is 11.6 Å². The Bertz CT molecular complexity index is 525. The molecule has 1 aromatic heterocycles. The van der Waals surface area contributed by atoms with Crippen molar-refractivity contribution in [2.45, 2.75) is 13.8 Å². The van der Waals surface area contributed by atoms with Gasteiger partial charge < -0.3 is 10.5 Å². The monoisotopic (exact) mass is 238 g/mol. The molecule has 0 aliphatic carbocycles. The van der Waals surface area contributed by atoms with Crippen LogP contribution in [0, 0.1) is 19.7 Å². The summed E-state index contributed by atoms with van der Waals surface area (Å²) in [6.45, 7) is 3.66. The van der Waals surface area contributed by atoms with Crippen LogP contribution in [0.5, 0.6) is 10.9 Å². The normalized spacial score (nSPS) is 10.4. The first-order valence-electron chi connectivity index (χ1n) is 4.72. The fraction of sp³-hybridized carbons (Fsp3) is 0.182. The molecule has 0 unspecified atom stereocenters. The van der Waals surface area contributed by atoms with E-state index in [1.807, 2.05) is 12.3 Å². The number of nitrogen functional groups attached to an aromatic ring is 1. The van der Waals surface area contributed by atoms with Gasteiger partial charge in [-0.15, -0.1) is 0 Å². The van der Waals surface area contributed by atoms with Gasteiger partial charge in [0.1, 0.15) is 0 Å². The van der Waals surface area contributed by atoms with E-state index in [0.29, 0.717) is 10.9 Å². The molecule has 0 amide bonds. The SMILES string of the molecule is Cc1csc(Oc2cc(C)c(N)cc2F)n1. The van der Waals surface area contributed by atoms with Gasteiger partial charge in [0.25, 0.3) is 5.19 Å². The molecule has 16 heavy (non-hydrogen) atoms. The number of anilines is 1. The largest absolute Gasteiger partial charge is 0.428 e. The summed E-state index contributed by atoms with van der Waals surface area (Å²) in [5.41, 5.74) is 7.63. The van der Waals surface area contributed by atoms with Crippen LogP contribution in [-0.4, -0.2) is 4.98 Å². The van der Waals surface area contributed by atoms with Gasteiger partial charge in [-0.2, -0.15) is 0 Å². The summed E-state index contributed by atoms with van der Waals surface area (Å²) in [4.78, 5) is 4.10. The van der Waals surface area contributed by atoms with Gasteiger partial charge in [-0.3, -0.25) is 0 Å². The molecule has 84 valence electrons. The van der Waals surface area contributed by atoms with E-state index in [4.69, 9.17) is 10.5 Å². The standard InChI is InChI=1S/C11H11FN2OS/c1-6-3-10(8(12)4-9(6)13)15-11-14-7(2)5-16-11/h3-5H,13H2,1-2H3. The Kier molecular flexibility index (Phi) is 2.78. The van der Waals surface area contributed by atoms with Crippen LogP contribution < -0.4 is 10.5 Å². The second-order valence-electron chi connectivity index (χ2n) is 3.50. The van der Waals surface area contributed by atoms with Crippen molar-refractivity contribution >= 4 is 17.0 Å². The first kappa shape index (κ1) is 10.9. The zero-order chi connectivity index (χ0) is 11.7. The van der Waals surface area contributed by atoms with Crippen LogP contribution in [0.3, 0.4) is 0 Å². The molecule has 2 aromatic rings. The number of benzene rings is 1. The minimum absolute atomic E-state index is 0.154. The van der Waals surface area contributed by atoms with Crippen molar-refractivity contribution in [2.75, 3.05) is 5.73 Å². The maximum absolute atomic E-state index is 13.5. The lowest BCUT2D eigenvalue weighted by molar-refractivity contribution is 0.439. The smallest absolute Gasteiger partial charge is 0.278 e. The summed E-state index contributed by atoms with van der Waals surface area (Å²) in [6.07, 6.45) is 0. The maximum Gasteiger partial charge on any atom is 0.278 e. The molecule has 0 radical (unpaired) electrons. The van der Waals surface area contributed by atoms with E-state index >= 15 is 0 Å². The third-order valence-electron chi connectivity index (χ3n) is 2.12. The van der Waals surface area contributed by atoms with Crippen molar-refractivity contribution in [1.29, 1.82) is 0 Å². The summed E-state index contributed by atoms with van der Waals surface area (Å²) in [5.74, 6) is -0.322. The Morgan fingerprint density at radius 2 is 2.12 bits per heavy atom. The molecule has 3 nitrogen and oxygen atoms in total. The summed E-state index contributed by atoms with van der Waals surface area (Å²) in [5, 5.41) is 2.28. The Hall–Kier alpha value is -1.62. The molecule has 2 N–H and O–H groups in total. The van der Waals surface area contributed by atoms with Crippen molar-refractivity contribution in [3.63, 3.8) is 0 Å². The molecule has 0 atom stereocenters. The molecule has 1 heterocycles. The third kappa shape index (κ3) is 2.14. The fourth-order valence-corrected chi connectivity index (χ4v) is 1.88. The van der Waals surface area contributed by atoms with Gasteiger partial charge in [-0.05, 0) is 25.5 Å². The first-order valence-corrected chi connectivity index (χ1v) is 5.60. The Balaban J connectivity index is 2.31. The van der Waals surface area contributed by atoms with Crippen LogP contribution in [0.4, 0.5) is 10.1 Å². The molecular weight excluding hydrogens is 227 g/mol. The highest BCUT2D eigenvalue weighted by atomic mass is 32.1. The van der Waals surface area contributed by atoms with Crippen molar-refractivity contribution < 1.29 is 9.13 Å². The van der Waals surface area contributed by atoms with Crippen molar-refractivity contribution in [2.24, 2.45) is 0 Å². The number of thiazole rings is 1. The lowest BCUT2D eigenvalue weighted by Gasteiger charge is -2.06. The Morgan fingerprint density at radius 1 is 1.38 bits per heavy atom. The average Bonchev–Trinajstić information content (AvgIpc) is 2.60. The van der Waals surface area contributed by atoms with Gasteiger partial charge in [-0.1, -0.05) is 11.3 Å². The predicted molar refractivity (Wildman–Crippen MR) is 62.5 cm³/mol. The minimum atomic E-state index is -0.476. The van der Waals surface area contributed by atoms with E-state index < -0.39 is 5.82 Å². The van der Waals surface area contributed by atoms with E-state index in [0.717, 1.165) is 11.3 Å². The minimum Gasteiger partial charge on any atom is -0.428 e. The first-order chi connectivity index (χ1) is 7.56. The lowest BCUT2D eigenvalue weighted by Crippen LogP contribution is -1.94. The predicted octanol–water partition coefficient (Wildman–Crippen LogP) is 3.27. The zero-order valence-corrected chi connectivity index (χ0v) is 9.77. The number of nitrogens with zero attached hydrogens (tertiary/aromatic N) is 1. The third-order valence-corrected chi connectivity index (χ3v) is 2.95. The van der Waals surface area contributed by atoms with E-state index in [9.17, 15) is 4.39 Å². The maximum atomic E-state index is 13.5. The molecule has 0 bridgehead atoms. The van der Waals surface area contributed by atoms with E-state index in [2.05, 4.69) is 4.98 Å². The topological polar surface area (TPSA) is 48.1 Å². The molecule has 5 heteroatoms. The number of ether oxygens (including phenoxy) is 1. The van der Waals surface area contributed by atoms with Gasteiger partial charge >= 0.3 is 0 Å². The van der Waals surface area contributed by atoms with Crippen LogP contribution in [0.15, 0.2) is 17.5 Å². The second-order valence-corrected chi connectivity index (χ2v) is 4.32. The number of aromatic nitrogens is 1. The highest BCUT2D eigenvalue weighted by molar-refractivity contribution is 7.11. The lowest BCUT2D eigenvalue weighted by atomic mass is 10.2. The number of nitrogens with two attached hydrogens (primary N) is 1. The Morgan fingerprint density at radius 3 is 2.75 bits per heavy atom. The highest BCUT2D eigenvalue weighted by Gasteiger charge is 2.09. The highest BCUT2D eigenvalue weighted by Crippen LogP contribution is 2.29. The van der Waals surface area contributed by atoms with Gasteiger partial charge in [0.05, 0.1) is 5.69 Å². The van der Waals surface area contributed by atoms with Gasteiger partial charge in [-0.25, -0.2) is 9.37 Å². The van der Waals surface area contributed by atoms with Gasteiger partial charge in [0.2, 0.25) is 0 Å². The molecule has 0 aliphatic heterocycles. The Labute approximate surface area is 96.7 Å². The zero-order valence-electron chi connectivity index (χ0n) is 8.95. The summed E-state index contributed by atoms with van der Waals surface area (Å²) < 4.78 is 18.8. The number of hydrogen-bond donors (Lipinski definition) is 1. The summed E-state index contributed by atoms with van der Waals surface area (Å²) in [7, 11) is 0. The number of aryl methyl sites for hydroxylation is 2. The molecule has 0 saturated heterocycles. The quantitative estimate of drug-likeness (QED) is 0.817. The van der Waals surface area contributed by atoms with Crippen molar-refractivity contribution in [1.82, 2.24) is 4.98 Å².